The minimum atomic E-state index is -4.81. The van der Waals surface area contributed by atoms with E-state index in [-0.39, 0.29) is 59.4 Å². The van der Waals surface area contributed by atoms with Gasteiger partial charge < -0.3 is 15.2 Å². The summed E-state index contributed by atoms with van der Waals surface area (Å²) in [6.45, 7) is 3.00. The van der Waals surface area contributed by atoms with Gasteiger partial charge >= 0.3 is 29.6 Å². The van der Waals surface area contributed by atoms with Crippen molar-refractivity contribution in [3.63, 3.8) is 0 Å². The van der Waals surface area contributed by atoms with Crippen LogP contribution < -0.4 is 45.7 Å². The third-order valence-electron chi connectivity index (χ3n) is 6.59. The average Bonchev–Trinajstić information content (AvgIpc) is 3.17. The van der Waals surface area contributed by atoms with Crippen LogP contribution in [0.3, 0.4) is 0 Å². The summed E-state index contributed by atoms with van der Waals surface area (Å²) in [5, 5.41) is 14.0. The second kappa shape index (κ2) is 15.4. The quantitative estimate of drug-likeness (QED) is 0.0618. The van der Waals surface area contributed by atoms with E-state index in [9.17, 15) is 42.2 Å². The van der Waals surface area contributed by atoms with Crippen molar-refractivity contribution in [1.82, 2.24) is 21.0 Å². The zero-order valence-electron chi connectivity index (χ0n) is 23.4. The summed E-state index contributed by atoms with van der Waals surface area (Å²) in [5.74, 6) is -8.14. The monoisotopic (exact) mass is 610 g/mol. The number of rotatable bonds is 13. The molecule has 1 aliphatic rings. The first-order chi connectivity index (χ1) is 19.3. The molecule has 3 unspecified atom stereocenters. The van der Waals surface area contributed by atoms with E-state index in [2.05, 4.69) is 5.32 Å². The second-order valence-corrected chi connectivity index (χ2v) is 11.5. The van der Waals surface area contributed by atoms with E-state index in [1.54, 1.807) is 56.3 Å². The van der Waals surface area contributed by atoms with Crippen molar-refractivity contribution in [1.29, 1.82) is 0 Å². The van der Waals surface area contributed by atoms with Crippen molar-refractivity contribution in [2.75, 3.05) is 12.4 Å². The Bertz CT molecular complexity index is 1380. The van der Waals surface area contributed by atoms with Crippen LogP contribution in [-0.4, -0.2) is 71.1 Å². The van der Waals surface area contributed by atoms with Crippen molar-refractivity contribution >= 4 is 39.7 Å². The Morgan fingerprint density at radius 1 is 0.881 bits per heavy atom. The maximum absolute atomic E-state index is 13.7. The molecule has 2 aromatic carbocycles. The maximum Gasteiger partial charge on any atom is 1.00 e. The summed E-state index contributed by atoms with van der Waals surface area (Å²) in [6.07, 6.45) is -0.0251. The van der Waals surface area contributed by atoms with Crippen molar-refractivity contribution in [2.24, 2.45) is 17.8 Å². The third kappa shape index (κ3) is 9.18. The smallest absolute Gasteiger partial charge is 0.747 e. The van der Waals surface area contributed by atoms with Crippen LogP contribution in [0.4, 0.5) is 0 Å². The van der Waals surface area contributed by atoms with Crippen LogP contribution in [0.2, 0.25) is 0 Å². The average molecular weight is 611 g/mol. The summed E-state index contributed by atoms with van der Waals surface area (Å²) < 4.78 is 33.2. The Balaban J connectivity index is 0.00000616. The summed E-state index contributed by atoms with van der Waals surface area (Å²) in [4.78, 5) is 66.2. The molecule has 2 aromatic rings. The number of benzene rings is 2. The Morgan fingerprint density at radius 2 is 1.43 bits per heavy atom. The second-order valence-electron chi connectivity index (χ2n) is 10.1. The van der Waals surface area contributed by atoms with Gasteiger partial charge in [-0.25, -0.2) is 13.9 Å². The zero-order valence-corrected chi connectivity index (χ0v) is 26.2. The van der Waals surface area contributed by atoms with E-state index >= 15 is 0 Å². The van der Waals surface area contributed by atoms with Gasteiger partial charge in [-0.3, -0.25) is 34.1 Å². The number of carbonyl (C=O) groups is 5. The van der Waals surface area contributed by atoms with Crippen LogP contribution in [0, 0.1) is 17.8 Å². The molecule has 13 nitrogen and oxygen atoms in total. The topological polar surface area (TPSA) is 202 Å². The fourth-order valence-corrected chi connectivity index (χ4v) is 4.98. The molecule has 42 heavy (non-hydrogen) atoms. The molecule has 1 aliphatic heterocycles. The molecule has 15 heteroatoms. The largest absolute Gasteiger partial charge is 1.00 e. The Morgan fingerprint density at radius 3 is 1.93 bits per heavy atom. The van der Waals surface area contributed by atoms with Crippen LogP contribution in [0.25, 0.3) is 0 Å². The molecule has 0 fully saturated rings. The van der Waals surface area contributed by atoms with Crippen molar-refractivity contribution in [3.05, 3.63) is 71.3 Å². The first kappa shape index (κ1) is 35.1. The molecule has 0 spiro atoms. The van der Waals surface area contributed by atoms with Crippen LogP contribution in [0.1, 0.15) is 46.5 Å². The third-order valence-corrected chi connectivity index (χ3v) is 7.09. The van der Waals surface area contributed by atoms with Crippen LogP contribution in [-0.2, 0) is 30.9 Å². The maximum atomic E-state index is 13.7. The number of nitrogens with zero attached hydrogens (tertiary/aromatic N) is 1. The normalized spacial score (nSPS) is 14.8. The number of hydrogen-bond acceptors (Lipinski definition) is 9. The van der Waals surface area contributed by atoms with E-state index in [0.29, 0.717) is 5.56 Å². The first-order valence-electron chi connectivity index (χ1n) is 12.8. The van der Waals surface area contributed by atoms with Crippen LogP contribution in [0.5, 0.6) is 0 Å². The molecular weight excluding hydrogens is 579 g/mol. The Labute approximate surface area is 265 Å². The minimum absolute atomic E-state index is 0. The number of fused-ring (bicyclic) bond motifs is 1. The molecular formula is C27H31N4NaO9S. The first-order valence-corrected chi connectivity index (χ1v) is 14.3. The molecule has 0 saturated carbocycles. The number of nitrogens with one attached hydrogen (secondary N) is 3. The van der Waals surface area contributed by atoms with Gasteiger partial charge in [0.15, 0.2) is 0 Å². The zero-order chi connectivity index (χ0) is 30.3. The number of amides is 5. The molecule has 220 valence electrons. The molecule has 3 rings (SSSR count). The van der Waals surface area contributed by atoms with Gasteiger partial charge in [-0.1, -0.05) is 56.3 Å². The molecule has 5 amide bonds. The summed E-state index contributed by atoms with van der Waals surface area (Å²) in [5.41, 5.74) is 2.38. The fraction of sp³-hybridized carbons (Fsp3) is 0.370. The molecule has 0 radical (unpaired) electrons. The van der Waals surface area contributed by atoms with E-state index in [0.717, 1.165) is 4.90 Å². The fourth-order valence-electron chi connectivity index (χ4n) is 4.66. The predicted octanol–water partition coefficient (Wildman–Crippen LogP) is -2.58. The molecule has 0 bridgehead atoms. The van der Waals surface area contributed by atoms with E-state index in [1.165, 1.54) is 17.6 Å². The predicted molar refractivity (Wildman–Crippen MR) is 143 cm³/mol. The van der Waals surface area contributed by atoms with Gasteiger partial charge in [0.2, 0.25) is 17.7 Å². The summed E-state index contributed by atoms with van der Waals surface area (Å²) in [6, 6.07) is 13.2. The Kier molecular flexibility index (Phi) is 12.8. The standard InChI is InChI=1S/C27H32N4O9S.Na/c1-16(2)12-20(21(24(33)30-37)14-31-26(35)18-10-6-7-11-19(18)27(31)36)23(32)29-22(13-17-8-4-3-5-9-17)25(34)28-15-41(38,39)40;/h3-11,16,20-22,37H,12-15H2,1-2H3,(H,28,34)(H,29,32)(H,30,33)(H,38,39,40);/q;+1/p-1. The minimum Gasteiger partial charge on any atom is -0.747 e. The van der Waals surface area contributed by atoms with Crippen LogP contribution >= 0.6 is 0 Å². The molecule has 0 saturated heterocycles. The molecule has 4 N–H and O–H groups in total. The van der Waals surface area contributed by atoms with Crippen molar-refractivity contribution in [3.8, 4) is 0 Å². The molecule has 0 aliphatic carbocycles. The summed E-state index contributed by atoms with van der Waals surface area (Å²) in [7, 11) is -4.81. The van der Waals surface area contributed by atoms with E-state index < -0.39 is 70.0 Å². The van der Waals surface area contributed by atoms with Gasteiger partial charge in [0.05, 0.1) is 23.0 Å². The number of imide groups is 1. The van der Waals surface area contributed by atoms with Crippen LogP contribution in [0.15, 0.2) is 54.6 Å². The van der Waals surface area contributed by atoms with Gasteiger partial charge in [0, 0.05) is 13.0 Å². The van der Waals surface area contributed by atoms with E-state index in [4.69, 9.17) is 0 Å². The van der Waals surface area contributed by atoms with E-state index in [1.807, 2.05) is 5.32 Å². The van der Waals surface area contributed by atoms with Gasteiger partial charge in [-0.05, 0) is 30.0 Å². The molecule has 0 aromatic heterocycles. The number of hydroxylamine groups is 1. The van der Waals surface area contributed by atoms with Gasteiger partial charge in [-0.15, -0.1) is 0 Å². The van der Waals surface area contributed by atoms with Crippen molar-refractivity contribution < 1.29 is 71.7 Å². The SMILES string of the molecule is CC(C)CC(C(=O)NC(Cc1ccccc1)C(=O)NCS(=O)(=O)[O-])C(CN1C(=O)c2ccccc2C1=O)C(=O)NO.[Na+]. The Hall–Kier alpha value is -3.14. The molecule has 3 atom stereocenters. The number of hydrogen-bond donors (Lipinski definition) is 4. The van der Waals surface area contributed by atoms with Gasteiger partial charge in [0.1, 0.15) is 22.0 Å². The van der Waals surface area contributed by atoms with Gasteiger partial charge in [-0.2, -0.15) is 0 Å². The number of carbonyl (C=O) groups excluding carboxylic acids is 5. The van der Waals surface area contributed by atoms with Gasteiger partial charge in [0.25, 0.3) is 11.8 Å². The summed E-state index contributed by atoms with van der Waals surface area (Å²) >= 11 is 0. The van der Waals surface area contributed by atoms with Crippen molar-refractivity contribution in [2.45, 2.75) is 32.7 Å². The molecule has 1 heterocycles.